The molecule has 0 aliphatic rings. The first-order valence-corrected chi connectivity index (χ1v) is 18.5. The SMILES string of the molecule is c1ccc(-c2ccc(N(c3ccc(-n4c5ccccc5c5ccccc54)cc3)c3cc(-c4ccccc4)cc(-c4cccc5ccccc45)c3)cc2)cc1. The molecule has 0 N–H and O–H groups in total. The summed E-state index contributed by atoms with van der Waals surface area (Å²) in [5.74, 6) is 0. The molecule has 0 amide bonds. The van der Waals surface area contributed by atoms with E-state index in [2.05, 4.69) is 228 Å². The number of rotatable bonds is 7. The van der Waals surface area contributed by atoms with Crippen molar-refractivity contribution >= 4 is 49.6 Å². The Bertz CT molecular complexity index is 2850. The van der Waals surface area contributed by atoms with E-state index < -0.39 is 0 Å². The predicted molar refractivity (Wildman–Crippen MR) is 229 cm³/mol. The number of nitrogens with zero attached hydrogens (tertiary/aromatic N) is 2. The fraction of sp³-hybridized carbons (Fsp3) is 0. The summed E-state index contributed by atoms with van der Waals surface area (Å²) in [6.07, 6.45) is 0. The molecule has 0 saturated heterocycles. The van der Waals surface area contributed by atoms with Crippen LogP contribution in [0.3, 0.4) is 0 Å². The Morgan fingerprint density at radius 2 is 0.778 bits per heavy atom. The van der Waals surface area contributed by atoms with Crippen LogP contribution >= 0.6 is 0 Å². The Kier molecular flexibility index (Phi) is 7.85. The molecule has 54 heavy (non-hydrogen) atoms. The van der Waals surface area contributed by atoms with Gasteiger partial charge >= 0.3 is 0 Å². The minimum atomic E-state index is 1.08. The van der Waals surface area contributed by atoms with E-state index >= 15 is 0 Å². The molecule has 0 spiro atoms. The van der Waals surface area contributed by atoms with E-state index in [1.165, 1.54) is 66.0 Å². The number of anilines is 3. The molecule has 0 aliphatic carbocycles. The second-order valence-electron chi connectivity index (χ2n) is 13.8. The van der Waals surface area contributed by atoms with Gasteiger partial charge in [0.05, 0.1) is 11.0 Å². The van der Waals surface area contributed by atoms with E-state index in [0.717, 1.165) is 22.7 Å². The summed E-state index contributed by atoms with van der Waals surface area (Å²) in [5, 5.41) is 4.99. The third-order valence-corrected chi connectivity index (χ3v) is 10.6. The fourth-order valence-electron chi connectivity index (χ4n) is 8.00. The Morgan fingerprint density at radius 3 is 1.43 bits per heavy atom. The van der Waals surface area contributed by atoms with Crippen molar-refractivity contribution in [3.05, 3.63) is 218 Å². The van der Waals surface area contributed by atoms with Gasteiger partial charge in [-0.15, -0.1) is 0 Å². The van der Waals surface area contributed by atoms with Crippen molar-refractivity contribution in [2.75, 3.05) is 4.90 Å². The van der Waals surface area contributed by atoms with E-state index in [1.807, 2.05) is 0 Å². The maximum Gasteiger partial charge on any atom is 0.0541 e. The van der Waals surface area contributed by atoms with Gasteiger partial charge in [0.1, 0.15) is 0 Å². The maximum absolute atomic E-state index is 2.39. The molecule has 1 aromatic heterocycles. The van der Waals surface area contributed by atoms with Gasteiger partial charge in [-0.3, -0.25) is 0 Å². The zero-order chi connectivity index (χ0) is 35.8. The number of hydrogen-bond donors (Lipinski definition) is 0. The highest BCUT2D eigenvalue weighted by atomic mass is 15.1. The summed E-state index contributed by atoms with van der Waals surface area (Å²) >= 11 is 0. The lowest BCUT2D eigenvalue weighted by molar-refractivity contribution is 1.17. The summed E-state index contributed by atoms with van der Waals surface area (Å²) in [6.45, 7) is 0. The minimum Gasteiger partial charge on any atom is -0.310 e. The molecule has 0 aliphatic heterocycles. The molecule has 2 nitrogen and oxygen atoms in total. The highest BCUT2D eigenvalue weighted by molar-refractivity contribution is 6.09. The van der Waals surface area contributed by atoms with Crippen LogP contribution in [0.15, 0.2) is 218 Å². The van der Waals surface area contributed by atoms with Crippen molar-refractivity contribution in [1.29, 1.82) is 0 Å². The first kappa shape index (κ1) is 31.6. The molecule has 0 atom stereocenters. The Hall–Kier alpha value is -7.16. The summed E-state index contributed by atoms with van der Waals surface area (Å²) in [4.78, 5) is 2.39. The third-order valence-electron chi connectivity index (χ3n) is 10.6. The molecule has 1 heterocycles. The van der Waals surface area contributed by atoms with Crippen LogP contribution in [-0.4, -0.2) is 4.57 Å². The first-order valence-electron chi connectivity index (χ1n) is 18.5. The van der Waals surface area contributed by atoms with E-state index in [4.69, 9.17) is 0 Å². The molecule has 0 radical (unpaired) electrons. The third kappa shape index (κ3) is 5.62. The minimum absolute atomic E-state index is 1.08. The summed E-state index contributed by atoms with van der Waals surface area (Å²) in [5.41, 5.74) is 13.9. The normalized spacial score (nSPS) is 11.3. The van der Waals surface area contributed by atoms with Crippen LogP contribution < -0.4 is 4.90 Å². The number of para-hydroxylation sites is 2. The lowest BCUT2D eigenvalue weighted by Crippen LogP contribution is -2.10. The average Bonchev–Trinajstić information content (AvgIpc) is 3.59. The first-order chi connectivity index (χ1) is 26.8. The van der Waals surface area contributed by atoms with Crippen LogP contribution in [0, 0.1) is 0 Å². The lowest BCUT2D eigenvalue weighted by atomic mass is 9.94. The van der Waals surface area contributed by atoms with E-state index in [1.54, 1.807) is 0 Å². The predicted octanol–water partition coefficient (Wildman–Crippen LogP) is 14.4. The van der Waals surface area contributed by atoms with Gasteiger partial charge in [-0.25, -0.2) is 0 Å². The van der Waals surface area contributed by atoms with Gasteiger partial charge in [-0.1, -0.05) is 152 Å². The quantitative estimate of drug-likeness (QED) is 0.162. The van der Waals surface area contributed by atoms with Crippen LogP contribution in [0.1, 0.15) is 0 Å². The number of benzene rings is 9. The van der Waals surface area contributed by atoms with Crippen LogP contribution in [0.2, 0.25) is 0 Å². The van der Waals surface area contributed by atoms with Crippen molar-refractivity contribution in [2.24, 2.45) is 0 Å². The topological polar surface area (TPSA) is 8.17 Å². The van der Waals surface area contributed by atoms with Crippen molar-refractivity contribution in [3.63, 3.8) is 0 Å². The summed E-state index contributed by atoms with van der Waals surface area (Å²) < 4.78 is 2.38. The largest absolute Gasteiger partial charge is 0.310 e. The molecule has 0 unspecified atom stereocenters. The monoisotopic (exact) mass is 688 g/mol. The van der Waals surface area contributed by atoms with Gasteiger partial charge in [-0.2, -0.15) is 0 Å². The van der Waals surface area contributed by atoms with Crippen molar-refractivity contribution < 1.29 is 0 Å². The van der Waals surface area contributed by atoms with Gasteiger partial charge in [-0.05, 0) is 111 Å². The molecule has 9 aromatic carbocycles. The standard InChI is InChI=1S/C52H36N2/c1-3-14-37(15-4-1)39-26-28-43(29-27-39)53(44-30-32-45(33-31-44)54-51-24-11-9-21-49(51)50-22-10-12-25-52(50)54)46-35-41(38-16-5-2-6-17-38)34-42(36-46)48-23-13-19-40-18-7-8-20-47(40)48/h1-36H. The maximum atomic E-state index is 2.39. The summed E-state index contributed by atoms with van der Waals surface area (Å²) in [6, 6.07) is 79.0. The number of fused-ring (bicyclic) bond motifs is 4. The zero-order valence-electron chi connectivity index (χ0n) is 29.7. The van der Waals surface area contributed by atoms with E-state index in [9.17, 15) is 0 Å². The molecule has 254 valence electrons. The molecule has 0 fully saturated rings. The van der Waals surface area contributed by atoms with Crippen molar-refractivity contribution in [3.8, 4) is 39.1 Å². The van der Waals surface area contributed by atoms with Gasteiger partial charge in [0.15, 0.2) is 0 Å². The Morgan fingerprint density at radius 1 is 0.296 bits per heavy atom. The van der Waals surface area contributed by atoms with E-state index in [0.29, 0.717) is 0 Å². The van der Waals surface area contributed by atoms with Crippen LogP contribution in [0.4, 0.5) is 17.1 Å². The van der Waals surface area contributed by atoms with Gasteiger partial charge < -0.3 is 9.47 Å². The smallest absolute Gasteiger partial charge is 0.0541 e. The van der Waals surface area contributed by atoms with Crippen molar-refractivity contribution in [2.45, 2.75) is 0 Å². The zero-order valence-corrected chi connectivity index (χ0v) is 29.7. The second kappa shape index (κ2) is 13.4. The number of aromatic nitrogens is 1. The number of hydrogen-bond acceptors (Lipinski definition) is 1. The molecule has 0 saturated carbocycles. The second-order valence-corrected chi connectivity index (χ2v) is 13.8. The molecule has 10 aromatic rings. The van der Waals surface area contributed by atoms with Gasteiger partial charge in [0, 0.05) is 33.5 Å². The molecular formula is C52H36N2. The van der Waals surface area contributed by atoms with Gasteiger partial charge in [0.2, 0.25) is 0 Å². The fourth-order valence-corrected chi connectivity index (χ4v) is 8.00. The van der Waals surface area contributed by atoms with E-state index in [-0.39, 0.29) is 0 Å². The van der Waals surface area contributed by atoms with Gasteiger partial charge in [0.25, 0.3) is 0 Å². The lowest BCUT2D eigenvalue weighted by Gasteiger charge is -2.27. The molecule has 10 rings (SSSR count). The highest BCUT2D eigenvalue weighted by Crippen LogP contribution is 2.42. The van der Waals surface area contributed by atoms with Crippen LogP contribution in [-0.2, 0) is 0 Å². The average molecular weight is 689 g/mol. The van der Waals surface area contributed by atoms with Crippen LogP contribution in [0.25, 0.3) is 71.6 Å². The summed E-state index contributed by atoms with van der Waals surface area (Å²) in [7, 11) is 0. The van der Waals surface area contributed by atoms with Crippen LogP contribution in [0.5, 0.6) is 0 Å². The molecular weight excluding hydrogens is 653 g/mol. The molecule has 0 bridgehead atoms. The molecule has 2 heteroatoms. The Labute approximate surface area is 315 Å². The Balaban J connectivity index is 1.17. The van der Waals surface area contributed by atoms with Crippen molar-refractivity contribution in [1.82, 2.24) is 4.57 Å². The highest BCUT2D eigenvalue weighted by Gasteiger charge is 2.18.